The molecule has 1 aliphatic rings. The van der Waals surface area contributed by atoms with Gasteiger partial charge >= 0.3 is 0 Å². The van der Waals surface area contributed by atoms with Gasteiger partial charge in [0.25, 0.3) is 0 Å². The number of sulfonamides is 1. The molecule has 2 heterocycles. The van der Waals surface area contributed by atoms with Crippen LogP contribution in [0.4, 0.5) is 11.6 Å². The van der Waals surface area contributed by atoms with Crippen molar-refractivity contribution in [1.29, 1.82) is 0 Å². The second kappa shape index (κ2) is 7.73. The van der Waals surface area contributed by atoms with E-state index in [1.807, 2.05) is 49.4 Å². The zero-order valence-corrected chi connectivity index (χ0v) is 16.6. The minimum absolute atomic E-state index is 0.369. The minimum Gasteiger partial charge on any atom is -0.369 e. The number of benzene rings is 2. The fraction of sp³-hybridized carbons (Fsp3) is 0.300. The van der Waals surface area contributed by atoms with E-state index in [-0.39, 0.29) is 0 Å². The Hall–Kier alpha value is -2.71. The number of rotatable bonds is 5. The largest absolute Gasteiger partial charge is 0.369 e. The summed E-state index contributed by atoms with van der Waals surface area (Å²) in [7, 11) is -3.55. The summed E-state index contributed by atoms with van der Waals surface area (Å²) in [6, 6.07) is 16.8. The van der Waals surface area contributed by atoms with Gasteiger partial charge in [-0.2, -0.15) is 4.31 Å². The number of nitrogens with zero attached hydrogens (tertiary/aromatic N) is 4. The van der Waals surface area contributed by atoms with Crippen LogP contribution in [0.25, 0.3) is 10.8 Å². The molecular formula is C20H23N5O2S. The van der Waals surface area contributed by atoms with Crippen LogP contribution in [0.1, 0.15) is 6.92 Å². The number of anilines is 2. The molecule has 3 aromatic rings. The van der Waals surface area contributed by atoms with Crippen molar-refractivity contribution in [2.45, 2.75) is 11.8 Å². The van der Waals surface area contributed by atoms with Crippen LogP contribution in [-0.2, 0) is 10.0 Å². The molecule has 1 fully saturated rings. The number of nitrogens with one attached hydrogen (secondary N) is 1. The van der Waals surface area contributed by atoms with Crippen molar-refractivity contribution in [3.05, 3.63) is 54.6 Å². The number of aromatic nitrogens is 2. The summed E-state index contributed by atoms with van der Waals surface area (Å²) < 4.78 is 28.0. The maximum absolute atomic E-state index is 13.2. The predicted octanol–water partition coefficient (Wildman–Crippen LogP) is 2.57. The molecule has 0 amide bonds. The SMILES string of the molecule is CCNc1ccc(N2CCN(S(=O)(=O)c3cccc4ccccc34)CC2)nn1. The smallest absolute Gasteiger partial charge is 0.243 e. The number of hydrogen-bond donors (Lipinski definition) is 1. The molecule has 8 heteroatoms. The van der Waals surface area contributed by atoms with Crippen LogP contribution in [0.3, 0.4) is 0 Å². The summed E-state index contributed by atoms with van der Waals surface area (Å²) in [5.41, 5.74) is 0. The summed E-state index contributed by atoms with van der Waals surface area (Å²) in [4.78, 5) is 2.44. The van der Waals surface area contributed by atoms with Gasteiger partial charge in [-0.3, -0.25) is 0 Å². The Morgan fingerprint density at radius 1 is 0.929 bits per heavy atom. The van der Waals surface area contributed by atoms with Gasteiger partial charge in [0, 0.05) is 38.1 Å². The number of hydrogen-bond acceptors (Lipinski definition) is 6. The molecule has 1 aliphatic heterocycles. The average molecular weight is 398 g/mol. The van der Waals surface area contributed by atoms with E-state index in [4.69, 9.17) is 0 Å². The van der Waals surface area contributed by atoms with Gasteiger partial charge in [0.15, 0.2) is 5.82 Å². The maximum Gasteiger partial charge on any atom is 0.243 e. The number of fused-ring (bicyclic) bond motifs is 1. The molecule has 0 unspecified atom stereocenters. The molecule has 146 valence electrons. The first-order valence-electron chi connectivity index (χ1n) is 9.40. The second-order valence-electron chi connectivity index (χ2n) is 6.68. The van der Waals surface area contributed by atoms with E-state index in [9.17, 15) is 8.42 Å². The molecule has 28 heavy (non-hydrogen) atoms. The van der Waals surface area contributed by atoms with E-state index < -0.39 is 10.0 Å². The van der Waals surface area contributed by atoms with Crippen LogP contribution >= 0.6 is 0 Å². The van der Waals surface area contributed by atoms with E-state index in [0.717, 1.165) is 29.0 Å². The van der Waals surface area contributed by atoms with Crippen LogP contribution in [0.5, 0.6) is 0 Å². The van der Waals surface area contributed by atoms with Gasteiger partial charge < -0.3 is 10.2 Å². The van der Waals surface area contributed by atoms with Crippen LogP contribution in [0, 0.1) is 0 Å². The van der Waals surface area contributed by atoms with Crippen molar-refractivity contribution >= 4 is 32.4 Å². The van der Waals surface area contributed by atoms with Crippen molar-refractivity contribution in [2.75, 3.05) is 42.9 Å². The standard InChI is InChI=1S/C20H23N5O2S/c1-2-21-19-10-11-20(23-22-19)24-12-14-25(15-13-24)28(26,27)18-9-5-7-16-6-3-4-8-17(16)18/h3-11H,2,12-15H2,1H3,(H,21,22). The molecule has 2 aromatic carbocycles. The average Bonchev–Trinajstić information content (AvgIpc) is 2.74. The third kappa shape index (κ3) is 3.53. The number of piperazine rings is 1. The maximum atomic E-state index is 13.2. The zero-order valence-electron chi connectivity index (χ0n) is 15.7. The van der Waals surface area contributed by atoms with E-state index in [1.54, 1.807) is 16.4 Å². The molecule has 1 saturated heterocycles. The first-order valence-corrected chi connectivity index (χ1v) is 10.8. The molecule has 1 N–H and O–H groups in total. The zero-order chi connectivity index (χ0) is 19.6. The van der Waals surface area contributed by atoms with Crippen LogP contribution < -0.4 is 10.2 Å². The Labute approximate surface area is 165 Å². The monoisotopic (exact) mass is 397 g/mol. The summed E-state index contributed by atoms with van der Waals surface area (Å²) in [5, 5.41) is 13.2. The van der Waals surface area contributed by atoms with Crippen molar-refractivity contribution in [1.82, 2.24) is 14.5 Å². The van der Waals surface area contributed by atoms with E-state index >= 15 is 0 Å². The summed E-state index contributed by atoms with van der Waals surface area (Å²) in [5.74, 6) is 1.51. The van der Waals surface area contributed by atoms with Crippen LogP contribution in [0.2, 0.25) is 0 Å². The third-order valence-electron chi connectivity index (χ3n) is 4.94. The molecule has 7 nitrogen and oxygen atoms in total. The summed E-state index contributed by atoms with van der Waals surface area (Å²) in [6.07, 6.45) is 0. The highest BCUT2D eigenvalue weighted by molar-refractivity contribution is 7.89. The molecule has 1 aromatic heterocycles. The Morgan fingerprint density at radius 2 is 1.68 bits per heavy atom. The van der Waals surface area contributed by atoms with Gasteiger partial charge in [0.1, 0.15) is 5.82 Å². The molecule has 0 aliphatic carbocycles. The molecule has 0 spiro atoms. The highest BCUT2D eigenvalue weighted by atomic mass is 32.2. The molecular weight excluding hydrogens is 374 g/mol. The fourth-order valence-corrected chi connectivity index (χ4v) is 5.12. The fourth-order valence-electron chi connectivity index (χ4n) is 3.49. The summed E-state index contributed by atoms with van der Waals surface area (Å²) in [6.45, 7) is 4.80. The van der Waals surface area contributed by atoms with Crippen LogP contribution in [-0.4, -0.2) is 55.6 Å². The third-order valence-corrected chi connectivity index (χ3v) is 6.90. The Bertz CT molecular complexity index is 1060. The van der Waals surface area contributed by atoms with Crippen LogP contribution in [0.15, 0.2) is 59.5 Å². The van der Waals surface area contributed by atoms with Crippen molar-refractivity contribution < 1.29 is 8.42 Å². The van der Waals surface area contributed by atoms with E-state index in [0.29, 0.717) is 31.1 Å². The first-order chi connectivity index (χ1) is 13.6. The summed E-state index contributed by atoms with van der Waals surface area (Å²) >= 11 is 0. The van der Waals surface area contributed by atoms with Gasteiger partial charge in [-0.1, -0.05) is 36.4 Å². The second-order valence-corrected chi connectivity index (χ2v) is 8.58. The van der Waals surface area contributed by atoms with E-state index in [2.05, 4.69) is 20.4 Å². The normalized spacial score (nSPS) is 15.7. The van der Waals surface area contributed by atoms with Crippen molar-refractivity contribution in [3.63, 3.8) is 0 Å². The molecule has 0 atom stereocenters. The quantitative estimate of drug-likeness (QED) is 0.713. The predicted molar refractivity (Wildman–Crippen MR) is 111 cm³/mol. The van der Waals surface area contributed by atoms with Gasteiger partial charge in [-0.05, 0) is 30.5 Å². The lowest BCUT2D eigenvalue weighted by atomic mass is 10.1. The van der Waals surface area contributed by atoms with Crippen molar-refractivity contribution in [2.24, 2.45) is 0 Å². The molecule has 0 bridgehead atoms. The molecule has 0 saturated carbocycles. The molecule has 4 rings (SSSR count). The Kier molecular flexibility index (Phi) is 5.15. The Morgan fingerprint density at radius 3 is 2.39 bits per heavy atom. The first kappa shape index (κ1) is 18.6. The lowest BCUT2D eigenvalue weighted by molar-refractivity contribution is 0.384. The molecule has 0 radical (unpaired) electrons. The minimum atomic E-state index is -3.55. The topological polar surface area (TPSA) is 78.4 Å². The van der Waals surface area contributed by atoms with Crippen molar-refractivity contribution in [3.8, 4) is 0 Å². The highest BCUT2D eigenvalue weighted by Crippen LogP contribution is 2.27. The highest BCUT2D eigenvalue weighted by Gasteiger charge is 2.30. The lowest BCUT2D eigenvalue weighted by Crippen LogP contribution is -2.49. The van der Waals surface area contributed by atoms with Gasteiger partial charge in [0.2, 0.25) is 10.0 Å². The lowest BCUT2D eigenvalue weighted by Gasteiger charge is -2.34. The Balaban J connectivity index is 1.51. The van der Waals surface area contributed by atoms with Gasteiger partial charge in [0.05, 0.1) is 4.90 Å². The van der Waals surface area contributed by atoms with Gasteiger partial charge in [-0.15, -0.1) is 10.2 Å². The van der Waals surface area contributed by atoms with E-state index in [1.165, 1.54) is 0 Å². The van der Waals surface area contributed by atoms with Gasteiger partial charge in [-0.25, -0.2) is 8.42 Å².